The van der Waals surface area contributed by atoms with E-state index in [0.717, 1.165) is 12.8 Å². The molecule has 0 radical (unpaired) electrons. The molecule has 0 unspecified atom stereocenters. The summed E-state index contributed by atoms with van der Waals surface area (Å²) < 4.78 is 0. The topological polar surface area (TPSA) is 70.6 Å². The molecule has 0 bridgehead atoms. The minimum Gasteiger partial charge on any atom is -0.394 e. The number of aliphatic hydroxyl groups excluding tert-OH is 1. The van der Waals surface area contributed by atoms with Crippen LogP contribution in [-0.2, 0) is 4.84 Å². The number of aliphatic hydroxyl groups is 1. The van der Waals surface area contributed by atoms with Crippen molar-refractivity contribution in [3.8, 4) is 0 Å². The highest BCUT2D eigenvalue weighted by atomic mass is 16.7. The van der Waals surface area contributed by atoms with Gasteiger partial charge in [-0.2, -0.15) is 0 Å². The number of carbonyl (C=O) groups excluding carboxylic acids is 1. The van der Waals surface area contributed by atoms with Crippen molar-refractivity contribution >= 4 is 6.03 Å². The first-order valence-corrected chi connectivity index (χ1v) is 5.05. The van der Waals surface area contributed by atoms with Gasteiger partial charge < -0.3 is 10.4 Å². The average molecular weight is 202 g/mol. The molecule has 1 saturated carbocycles. The lowest BCUT2D eigenvalue weighted by Crippen LogP contribution is -2.43. The van der Waals surface area contributed by atoms with Gasteiger partial charge in [-0.25, -0.2) is 10.3 Å². The van der Waals surface area contributed by atoms with Gasteiger partial charge in [0.25, 0.3) is 0 Å². The van der Waals surface area contributed by atoms with Crippen LogP contribution in [0.4, 0.5) is 4.79 Å². The van der Waals surface area contributed by atoms with Crippen LogP contribution in [0.3, 0.4) is 0 Å². The molecule has 5 nitrogen and oxygen atoms in total. The maximum absolute atomic E-state index is 11.1. The van der Waals surface area contributed by atoms with E-state index in [-0.39, 0.29) is 18.8 Å². The summed E-state index contributed by atoms with van der Waals surface area (Å²) in [7, 11) is 0. The lowest BCUT2D eigenvalue weighted by Gasteiger charge is -2.14. The van der Waals surface area contributed by atoms with Crippen LogP contribution < -0.4 is 10.8 Å². The van der Waals surface area contributed by atoms with E-state index in [1.807, 2.05) is 0 Å². The Labute approximate surface area is 83.8 Å². The van der Waals surface area contributed by atoms with Crippen LogP contribution in [0.15, 0.2) is 0 Å². The molecule has 0 aromatic heterocycles. The largest absolute Gasteiger partial charge is 0.394 e. The Morgan fingerprint density at radius 3 is 2.79 bits per heavy atom. The van der Waals surface area contributed by atoms with Crippen molar-refractivity contribution in [2.75, 3.05) is 6.61 Å². The van der Waals surface area contributed by atoms with Crippen molar-refractivity contribution in [3.63, 3.8) is 0 Å². The van der Waals surface area contributed by atoms with Crippen molar-refractivity contribution in [2.24, 2.45) is 0 Å². The smallest absolute Gasteiger partial charge is 0.339 e. The first kappa shape index (κ1) is 11.3. The Hall–Kier alpha value is -0.810. The van der Waals surface area contributed by atoms with Gasteiger partial charge in [0.05, 0.1) is 18.8 Å². The molecule has 0 heterocycles. The fourth-order valence-corrected chi connectivity index (χ4v) is 1.44. The van der Waals surface area contributed by atoms with Gasteiger partial charge in [-0.1, -0.05) is 12.8 Å². The monoisotopic (exact) mass is 202 g/mol. The molecule has 0 aromatic rings. The zero-order chi connectivity index (χ0) is 10.4. The first-order chi connectivity index (χ1) is 6.72. The number of carbonyl (C=O) groups is 1. The molecule has 0 spiro atoms. The molecule has 5 heteroatoms. The van der Waals surface area contributed by atoms with Crippen LogP contribution in [0.25, 0.3) is 0 Å². The quantitative estimate of drug-likeness (QED) is 0.583. The average Bonchev–Trinajstić information content (AvgIpc) is 2.67. The SMILES string of the molecule is C[C@@H](CO)NC(=O)NOC1CCCC1. The summed E-state index contributed by atoms with van der Waals surface area (Å²) in [5, 5.41) is 11.2. The van der Waals surface area contributed by atoms with Crippen molar-refractivity contribution in [1.29, 1.82) is 0 Å². The second-order valence-corrected chi connectivity index (χ2v) is 3.68. The van der Waals surface area contributed by atoms with E-state index in [9.17, 15) is 4.79 Å². The summed E-state index contributed by atoms with van der Waals surface area (Å²) in [6.45, 7) is 1.64. The summed E-state index contributed by atoms with van der Waals surface area (Å²) in [4.78, 5) is 16.3. The van der Waals surface area contributed by atoms with Gasteiger partial charge in [-0.05, 0) is 19.8 Å². The third kappa shape index (κ3) is 3.93. The van der Waals surface area contributed by atoms with E-state index >= 15 is 0 Å². The van der Waals surface area contributed by atoms with E-state index < -0.39 is 6.03 Å². The number of nitrogens with one attached hydrogen (secondary N) is 2. The van der Waals surface area contributed by atoms with Gasteiger partial charge in [0.15, 0.2) is 0 Å². The van der Waals surface area contributed by atoms with Crippen LogP contribution in [0, 0.1) is 0 Å². The zero-order valence-electron chi connectivity index (χ0n) is 8.45. The van der Waals surface area contributed by atoms with E-state index in [4.69, 9.17) is 9.94 Å². The van der Waals surface area contributed by atoms with Crippen molar-refractivity contribution in [2.45, 2.75) is 44.8 Å². The molecule has 1 aliphatic rings. The van der Waals surface area contributed by atoms with E-state index in [1.54, 1.807) is 6.92 Å². The molecule has 14 heavy (non-hydrogen) atoms. The van der Waals surface area contributed by atoms with Crippen LogP contribution >= 0.6 is 0 Å². The van der Waals surface area contributed by atoms with Gasteiger partial charge in [0.1, 0.15) is 0 Å². The van der Waals surface area contributed by atoms with E-state index in [1.165, 1.54) is 12.8 Å². The number of hydrogen-bond donors (Lipinski definition) is 3. The maximum atomic E-state index is 11.1. The molecule has 82 valence electrons. The van der Waals surface area contributed by atoms with Crippen LogP contribution in [0.1, 0.15) is 32.6 Å². The summed E-state index contributed by atoms with van der Waals surface area (Å²) in [5.74, 6) is 0. The Morgan fingerprint density at radius 2 is 2.21 bits per heavy atom. The fourth-order valence-electron chi connectivity index (χ4n) is 1.44. The highest BCUT2D eigenvalue weighted by molar-refractivity contribution is 5.72. The Kier molecular flexibility index (Phi) is 4.69. The normalized spacial score (nSPS) is 19.3. The lowest BCUT2D eigenvalue weighted by atomic mass is 10.3. The molecular weight excluding hydrogens is 184 g/mol. The molecule has 1 atom stereocenters. The third-order valence-corrected chi connectivity index (χ3v) is 2.27. The zero-order valence-corrected chi connectivity index (χ0v) is 8.45. The molecule has 0 saturated heterocycles. The number of urea groups is 1. The Balaban J connectivity index is 2.08. The van der Waals surface area contributed by atoms with Gasteiger partial charge >= 0.3 is 6.03 Å². The van der Waals surface area contributed by atoms with Gasteiger partial charge in [-0.15, -0.1) is 0 Å². The van der Waals surface area contributed by atoms with Gasteiger partial charge in [-0.3, -0.25) is 4.84 Å². The van der Waals surface area contributed by atoms with Crippen molar-refractivity contribution < 1.29 is 14.7 Å². The Bertz CT molecular complexity index is 181. The first-order valence-electron chi connectivity index (χ1n) is 5.05. The predicted octanol–water partition coefficient (Wildman–Crippen LogP) is 0.541. The minimum atomic E-state index is -0.390. The molecule has 1 aliphatic carbocycles. The summed E-state index contributed by atoms with van der Waals surface area (Å²) in [6, 6.07) is -0.638. The number of rotatable bonds is 4. The molecule has 1 fully saturated rings. The molecule has 1 rings (SSSR count). The summed E-state index contributed by atoms with van der Waals surface area (Å²) >= 11 is 0. The second kappa shape index (κ2) is 5.82. The van der Waals surface area contributed by atoms with Gasteiger partial charge in [0, 0.05) is 0 Å². The van der Waals surface area contributed by atoms with E-state index in [2.05, 4.69) is 10.8 Å². The van der Waals surface area contributed by atoms with Crippen LogP contribution in [0.5, 0.6) is 0 Å². The van der Waals surface area contributed by atoms with Crippen LogP contribution in [-0.4, -0.2) is 29.9 Å². The Morgan fingerprint density at radius 1 is 1.57 bits per heavy atom. The number of hydrogen-bond acceptors (Lipinski definition) is 3. The fraction of sp³-hybridized carbons (Fsp3) is 0.889. The summed E-state index contributed by atoms with van der Waals surface area (Å²) in [6.07, 6.45) is 4.51. The standard InChI is InChI=1S/C9H18N2O3/c1-7(6-12)10-9(13)11-14-8-4-2-3-5-8/h7-8,12H,2-6H2,1H3,(H2,10,11,13)/t7-/m0/s1. The molecular formula is C9H18N2O3. The van der Waals surface area contributed by atoms with Gasteiger partial charge in [0.2, 0.25) is 0 Å². The molecule has 3 N–H and O–H groups in total. The van der Waals surface area contributed by atoms with Crippen molar-refractivity contribution in [1.82, 2.24) is 10.8 Å². The highest BCUT2D eigenvalue weighted by Crippen LogP contribution is 2.19. The second-order valence-electron chi connectivity index (χ2n) is 3.68. The van der Waals surface area contributed by atoms with Crippen LogP contribution in [0.2, 0.25) is 0 Å². The predicted molar refractivity (Wildman–Crippen MR) is 51.6 cm³/mol. The molecule has 2 amide bonds. The number of hydroxylamine groups is 1. The molecule has 0 aliphatic heterocycles. The van der Waals surface area contributed by atoms with E-state index in [0.29, 0.717) is 0 Å². The number of amides is 2. The molecule has 0 aromatic carbocycles. The summed E-state index contributed by atoms with van der Waals surface area (Å²) in [5.41, 5.74) is 2.33. The maximum Gasteiger partial charge on any atom is 0.339 e. The lowest BCUT2D eigenvalue weighted by molar-refractivity contribution is -0.000658. The minimum absolute atomic E-state index is 0.0726. The van der Waals surface area contributed by atoms with Crippen molar-refractivity contribution in [3.05, 3.63) is 0 Å². The highest BCUT2D eigenvalue weighted by Gasteiger charge is 2.16. The third-order valence-electron chi connectivity index (χ3n) is 2.27.